The van der Waals surface area contributed by atoms with Gasteiger partial charge in [-0.2, -0.15) is 0 Å². The Labute approximate surface area is 392 Å². The van der Waals surface area contributed by atoms with Crippen molar-refractivity contribution in [2.45, 2.75) is 147 Å². The third-order valence-corrected chi connectivity index (χ3v) is 14.5. The summed E-state index contributed by atoms with van der Waals surface area (Å²) in [7, 11) is 0. The van der Waals surface area contributed by atoms with Crippen molar-refractivity contribution in [3.63, 3.8) is 0 Å². The molecule has 5 aromatic rings. The number of fused-ring (bicyclic) bond motifs is 2. The highest BCUT2D eigenvalue weighted by Crippen LogP contribution is 2.43. The Morgan fingerprint density at radius 2 is 1.08 bits per heavy atom. The van der Waals surface area contributed by atoms with Gasteiger partial charge in [0, 0.05) is 18.9 Å². The van der Waals surface area contributed by atoms with Crippen LogP contribution in [0.2, 0.25) is 0 Å². The Hall–Kier alpha value is -4.00. The summed E-state index contributed by atoms with van der Waals surface area (Å²) in [5.41, 5.74) is 4.33. The van der Waals surface area contributed by atoms with Crippen molar-refractivity contribution in [2.24, 2.45) is 23.7 Å². The zero-order chi connectivity index (χ0) is 45.8. The van der Waals surface area contributed by atoms with E-state index >= 15 is 0 Å². The van der Waals surface area contributed by atoms with Gasteiger partial charge in [-0.05, 0) is 82.5 Å². The molecule has 1 unspecified atom stereocenters. The van der Waals surface area contributed by atoms with Gasteiger partial charge in [-0.25, -0.2) is 0 Å². The van der Waals surface area contributed by atoms with E-state index in [-0.39, 0.29) is 54.7 Å². The fourth-order valence-corrected chi connectivity index (χ4v) is 10.5. The van der Waals surface area contributed by atoms with Crippen LogP contribution in [-0.4, -0.2) is 84.5 Å². The van der Waals surface area contributed by atoms with Gasteiger partial charge in [0.1, 0.15) is 12.2 Å². The topological polar surface area (TPSA) is 105 Å². The Balaban J connectivity index is 1.11. The monoisotopic (exact) mass is 901 g/mol. The first-order valence-corrected chi connectivity index (χ1v) is 24.5. The lowest BCUT2D eigenvalue weighted by Crippen LogP contribution is -2.56. The number of rotatable bonds is 18. The lowest BCUT2D eigenvalue weighted by Gasteiger charge is -2.47. The summed E-state index contributed by atoms with van der Waals surface area (Å²) < 4.78 is 48.9. The summed E-state index contributed by atoms with van der Waals surface area (Å²) in [6, 6.07) is 45.6. The molecule has 0 saturated carbocycles. The van der Waals surface area contributed by atoms with Gasteiger partial charge in [-0.15, -0.1) is 0 Å². The van der Waals surface area contributed by atoms with Crippen LogP contribution < -0.4 is 0 Å². The molecule has 0 radical (unpaired) electrons. The summed E-state index contributed by atoms with van der Waals surface area (Å²) in [6.07, 6.45) is -1.05. The van der Waals surface area contributed by atoms with Gasteiger partial charge >= 0.3 is 0 Å². The predicted octanol–water partition coefficient (Wildman–Crippen LogP) is 10.3. The quantitative estimate of drug-likeness (QED) is 0.0890. The van der Waals surface area contributed by atoms with E-state index in [1.807, 2.05) is 54.6 Å². The summed E-state index contributed by atoms with van der Waals surface area (Å²) in [6.45, 7) is 10.9. The second-order valence-corrected chi connectivity index (χ2v) is 19.4. The molecule has 8 rings (SSSR count). The highest BCUT2D eigenvalue weighted by Gasteiger charge is 2.53. The van der Waals surface area contributed by atoms with E-state index in [0.717, 1.165) is 41.5 Å². The molecule has 3 saturated heterocycles. The standard InChI is InChI=1S/C57H72O9/c1-38-29-49(62-36-45-26-27-46-23-14-15-24-47(46)31-45)51(64-53(37-60-33-42-17-8-5-9-18-42)50(30-38)61-34-43-19-10-6-11-20-43)32-52-54(59)41(4)55(63-35-44-21-12-7-13-22-44)57-56(66-52)40(3)39(2)48(65-57)25-16-28-58/h5-15,17-24,26-27,31,38-41,48-59H,16,25,28-30,32-37H2,1-4H3/t38-,39+,40+,41-,48-,49+,50-,51-,52+,53+,54?,55+,56-,57+/m1/s1. The summed E-state index contributed by atoms with van der Waals surface area (Å²) in [5, 5.41) is 24.8. The molecular formula is C57H72O9. The Morgan fingerprint density at radius 3 is 1.73 bits per heavy atom. The fourth-order valence-electron chi connectivity index (χ4n) is 10.5. The van der Waals surface area contributed by atoms with Crippen molar-refractivity contribution in [3.05, 3.63) is 156 Å². The van der Waals surface area contributed by atoms with Gasteiger partial charge < -0.3 is 43.4 Å². The SMILES string of the molecule is C[C@@H]1C[C@H](OCc2ccc3ccccc3c2)[C@@H](C[C@@H]2O[C@@H]3[C@@H](C)[C@H](C)[C@@H](CCCO)O[C@H]3[C@@H](OCc3ccccc3)[C@H](C)C2O)O[C@@H](COCc2ccccc2)[C@H](OCc2ccccc2)C1. The van der Waals surface area contributed by atoms with Crippen LogP contribution in [0.4, 0.5) is 0 Å². The maximum absolute atomic E-state index is 12.7. The molecule has 3 aliphatic heterocycles. The van der Waals surface area contributed by atoms with Crippen LogP contribution in [0.25, 0.3) is 10.8 Å². The molecular weight excluding hydrogens is 829 g/mol. The van der Waals surface area contributed by atoms with Gasteiger partial charge in [-0.3, -0.25) is 0 Å². The number of aliphatic hydroxyl groups excluding tert-OH is 2. The first kappa shape index (κ1) is 48.5. The maximum atomic E-state index is 12.7. The maximum Gasteiger partial charge on any atom is 0.111 e. The average molecular weight is 901 g/mol. The largest absolute Gasteiger partial charge is 0.396 e. The van der Waals surface area contributed by atoms with Gasteiger partial charge in [0.25, 0.3) is 0 Å². The summed E-state index contributed by atoms with van der Waals surface area (Å²) in [5.74, 6) is 0.120. The van der Waals surface area contributed by atoms with Gasteiger partial charge in [0.15, 0.2) is 0 Å². The molecule has 3 aliphatic rings. The summed E-state index contributed by atoms with van der Waals surface area (Å²) >= 11 is 0. The van der Waals surface area contributed by atoms with Crippen molar-refractivity contribution < 1.29 is 43.4 Å². The molecule has 14 atom stereocenters. The molecule has 3 fully saturated rings. The van der Waals surface area contributed by atoms with Crippen LogP contribution in [0.5, 0.6) is 0 Å². The molecule has 0 spiro atoms. The van der Waals surface area contributed by atoms with Gasteiger partial charge in [-0.1, -0.05) is 155 Å². The Kier molecular flexibility index (Phi) is 17.5. The molecule has 0 bridgehead atoms. The highest BCUT2D eigenvalue weighted by molar-refractivity contribution is 5.82. The first-order valence-electron chi connectivity index (χ1n) is 24.5. The van der Waals surface area contributed by atoms with Gasteiger partial charge in [0.05, 0.1) is 81.9 Å². The molecule has 9 heteroatoms. The van der Waals surface area contributed by atoms with E-state index in [2.05, 4.69) is 107 Å². The van der Waals surface area contributed by atoms with E-state index in [1.165, 1.54) is 10.8 Å². The highest BCUT2D eigenvalue weighted by atomic mass is 16.6. The molecule has 2 N–H and O–H groups in total. The van der Waals surface area contributed by atoms with Crippen LogP contribution >= 0.6 is 0 Å². The third-order valence-electron chi connectivity index (χ3n) is 14.5. The van der Waals surface area contributed by atoms with Crippen LogP contribution in [0.1, 0.15) is 82.1 Å². The lowest BCUT2D eigenvalue weighted by atomic mass is 9.77. The second-order valence-electron chi connectivity index (χ2n) is 19.4. The number of benzene rings is 5. The van der Waals surface area contributed by atoms with Crippen LogP contribution in [0, 0.1) is 23.7 Å². The second kappa shape index (κ2) is 23.8. The molecule has 5 aromatic carbocycles. The smallest absolute Gasteiger partial charge is 0.111 e. The van der Waals surface area contributed by atoms with Gasteiger partial charge in [0.2, 0.25) is 0 Å². The molecule has 66 heavy (non-hydrogen) atoms. The van der Waals surface area contributed by atoms with Crippen LogP contribution in [0.3, 0.4) is 0 Å². The molecule has 0 aromatic heterocycles. The fraction of sp³-hybridized carbons (Fsp3) is 0.509. The van der Waals surface area contributed by atoms with E-state index in [4.69, 9.17) is 33.2 Å². The van der Waals surface area contributed by atoms with Crippen molar-refractivity contribution in [1.82, 2.24) is 0 Å². The lowest BCUT2D eigenvalue weighted by molar-refractivity contribution is -0.236. The average Bonchev–Trinajstić information content (AvgIpc) is 3.44. The first-order chi connectivity index (χ1) is 32.2. The zero-order valence-electron chi connectivity index (χ0n) is 39.3. The number of hydrogen-bond acceptors (Lipinski definition) is 9. The minimum atomic E-state index is -0.899. The van der Waals surface area contributed by atoms with Crippen LogP contribution in [0.15, 0.2) is 133 Å². The molecule has 354 valence electrons. The van der Waals surface area contributed by atoms with E-state index in [1.54, 1.807) is 0 Å². The van der Waals surface area contributed by atoms with Crippen molar-refractivity contribution in [1.29, 1.82) is 0 Å². The Bertz CT molecular complexity index is 2170. The van der Waals surface area contributed by atoms with E-state index in [0.29, 0.717) is 45.9 Å². The van der Waals surface area contributed by atoms with E-state index < -0.39 is 36.6 Å². The molecule has 3 heterocycles. The molecule has 9 nitrogen and oxygen atoms in total. The van der Waals surface area contributed by atoms with Crippen molar-refractivity contribution >= 4 is 10.8 Å². The number of aliphatic hydroxyl groups is 2. The minimum Gasteiger partial charge on any atom is -0.396 e. The van der Waals surface area contributed by atoms with Crippen LogP contribution in [-0.2, 0) is 59.6 Å². The zero-order valence-corrected chi connectivity index (χ0v) is 39.3. The minimum absolute atomic E-state index is 0.0755. The molecule has 0 amide bonds. The number of hydrogen-bond donors (Lipinski definition) is 2. The predicted molar refractivity (Wildman–Crippen MR) is 257 cm³/mol. The van der Waals surface area contributed by atoms with Crippen molar-refractivity contribution in [3.8, 4) is 0 Å². The number of ether oxygens (including phenoxy) is 7. The molecule has 0 aliphatic carbocycles. The van der Waals surface area contributed by atoms with Crippen molar-refractivity contribution in [2.75, 3.05) is 13.2 Å². The Morgan fingerprint density at radius 1 is 0.515 bits per heavy atom. The third kappa shape index (κ3) is 12.6. The summed E-state index contributed by atoms with van der Waals surface area (Å²) in [4.78, 5) is 0. The van der Waals surface area contributed by atoms with E-state index in [9.17, 15) is 10.2 Å². The normalized spacial score (nSPS) is 31.7.